The van der Waals surface area contributed by atoms with E-state index in [4.69, 9.17) is 0 Å². The second kappa shape index (κ2) is 4.98. The van der Waals surface area contributed by atoms with Gasteiger partial charge in [-0.25, -0.2) is 4.98 Å². The molecule has 0 amide bonds. The molecule has 4 heterocycles. The van der Waals surface area contributed by atoms with E-state index in [0.717, 1.165) is 11.5 Å². The minimum atomic E-state index is 0.239. The Hall–Kier alpha value is -2.75. The highest BCUT2D eigenvalue weighted by Crippen LogP contribution is 2.55. The van der Waals surface area contributed by atoms with Crippen molar-refractivity contribution in [1.82, 2.24) is 15.0 Å². The predicted octanol–water partition coefficient (Wildman–Crippen LogP) is 3.17. The Kier molecular flexibility index (Phi) is 2.85. The predicted molar refractivity (Wildman–Crippen MR) is 80.7 cm³/mol. The average molecular weight is 274 g/mol. The van der Waals surface area contributed by atoms with Crippen LogP contribution < -0.4 is 4.90 Å². The fraction of sp³-hybridized carbons (Fsp3) is 0.118. The zero-order valence-electron chi connectivity index (χ0n) is 11.4. The van der Waals surface area contributed by atoms with Crippen molar-refractivity contribution in [1.29, 1.82) is 0 Å². The van der Waals surface area contributed by atoms with Gasteiger partial charge in [0, 0.05) is 24.8 Å². The number of hydrogen-bond acceptors (Lipinski definition) is 4. The van der Waals surface area contributed by atoms with E-state index in [1.807, 2.05) is 55.1 Å². The van der Waals surface area contributed by atoms with E-state index in [2.05, 4.69) is 38.1 Å². The minimum Gasteiger partial charge on any atom is -0.336 e. The maximum Gasteiger partial charge on any atom is 0.129 e. The molecule has 4 nitrogen and oxygen atoms in total. The van der Waals surface area contributed by atoms with Gasteiger partial charge in [-0.1, -0.05) is 12.1 Å². The topological polar surface area (TPSA) is 41.7 Å². The molecule has 1 aliphatic heterocycles. The molecule has 3 aromatic heterocycles. The summed E-state index contributed by atoms with van der Waals surface area (Å²) in [5.74, 6) is 0.981. The molecular formula is C17H14N4. The number of aromatic nitrogens is 3. The van der Waals surface area contributed by atoms with E-state index in [1.54, 1.807) is 0 Å². The molecule has 0 spiro atoms. The lowest BCUT2D eigenvalue weighted by atomic mass is 10.1. The minimum absolute atomic E-state index is 0.239. The zero-order chi connectivity index (χ0) is 14.1. The standard InChI is InChI=1S/C17H14N4/c1-3-9-19-14(5-1)17-16(13-7-11-18-12-8-13)21(17)15-6-2-4-10-20-15/h1-12,16-17H/t16-,17+,21?/m1/s1. The number of anilines is 1. The molecule has 1 aliphatic rings. The summed E-state index contributed by atoms with van der Waals surface area (Å²) in [6.45, 7) is 0. The van der Waals surface area contributed by atoms with E-state index in [1.165, 1.54) is 5.56 Å². The lowest BCUT2D eigenvalue weighted by molar-refractivity contribution is 0.962. The van der Waals surface area contributed by atoms with Crippen molar-refractivity contribution in [3.63, 3.8) is 0 Å². The molecule has 1 saturated heterocycles. The largest absolute Gasteiger partial charge is 0.336 e. The van der Waals surface area contributed by atoms with E-state index in [-0.39, 0.29) is 12.1 Å². The summed E-state index contributed by atoms with van der Waals surface area (Å²) >= 11 is 0. The van der Waals surface area contributed by atoms with E-state index < -0.39 is 0 Å². The molecule has 3 aromatic rings. The lowest BCUT2D eigenvalue weighted by Crippen LogP contribution is -1.98. The van der Waals surface area contributed by atoms with Gasteiger partial charge in [-0.15, -0.1) is 0 Å². The summed E-state index contributed by atoms with van der Waals surface area (Å²) in [6, 6.07) is 16.7. The first-order chi connectivity index (χ1) is 10.4. The van der Waals surface area contributed by atoms with Crippen LogP contribution in [0.4, 0.5) is 5.82 Å². The van der Waals surface area contributed by atoms with Crippen LogP contribution in [0.3, 0.4) is 0 Å². The van der Waals surface area contributed by atoms with Crippen LogP contribution in [-0.4, -0.2) is 15.0 Å². The summed E-state index contributed by atoms with van der Waals surface area (Å²) < 4.78 is 0. The molecule has 0 bridgehead atoms. The van der Waals surface area contributed by atoms with Crippen LogP contribution in [0.5, 0.6) is 0 Å². The highest BCUT2D eigenvalue weighted by Gasteiger charge is 2.51. The number of pyridine rings is 3. The van der Waals surface area contributed by atoms with Gasteiger partial charge < -0.3 is 4.90 Å². The molecule has 0 aromatic carbocycles. The van der Waals surface area contributed by atoms with Gasteiger partial charge in [-0.2, -0.15) is 0 Å². The van der Waals surface area contributed by atoms with Crippen LogP contribution in [0.25, 0.3) is 0 Å². The van der Waals surface area contributed by atoms with Crippen LogP contribution >= 0.6 is 0 Å². The number of rotatable bonds is 3. The van der Waals surface area contributed by atoms with Crippen molar-refractivity contribution in [3.8, 4) is 0 Å². The van der Waals surface area contributed by atoms with Gasteiger partial charge in [-0.3, -0.25) is 9.97 Å². The van der Waals surface area contributed by atoms with Crippen molar-refractivity contribution in [3.05, 3.63) is 84.6 Å². The molecule has 0 aliphatic carbocycles. The van der Waals surface area contributed by atoms with E-state index >= 15 is 0 Å². The Bertz CT molecular complexity index is 606. The third-order valence-electron chi connectivity index (χ3n) is 3.76. The molecular weight excluding hydrogens is 260 g/mol. The van der Waals surface area contributed by atoms with Crippen LogP contribution in [-0.2, 0) is 0 Å². The third-order valence-corrected chi connectivity index (χ3v) is 3.76. The molecule has 0 radical (unpaired) electrons. The summed E-state index contributed by atoms with van der Waals surface area (Å²) in [7, 11) is 0. The summed E-state index contributed by atoms with van der Waals surface area (Å²) in [5.41, 5.74) is 2.32. The van der Waals surface area contributed by atoms with Crippen LogP contribution in [0.1, 0.15) is 23.3 Å². The summed E-state index contributed by atoms with van der Waals surface area (Å²) in [5, 5.41) is 0. The van der Waals surface area contributed by atoms with Gasteiger partial charge in [0.05, 0.1) is 17.8 Å². The Labute approximate surface area is 123 Å². The van der Waals surface area contributed by atoms with Gasteiger partial charge in [0.15, 0.2) is 0 Å². The van der Waals surface area contributed by atoms with Crippen LogP contribution in [0.2, 0.25) is 0 Å². The summed E-state index contributed by atoms with van der Waals surface area (Å²) in [4.78, 5) is 15.4. The first-order valence-corrected chi connectivity index (χ1v) is 6.95. The Morgan fingerprint density at radius 2 is 1.48 bits per heavy atom. The van der Waals surface area contributed by atoms with Gasteiger partial charge in [0.1, 0.15) is 5.82 Å². The first kappa shape index (κ1) is 12.0. The molecule has 2 atom stereocenters. The number of nitrogens with zero attached hydrogens (tertiary/aromatic N) is 4. The molecule has 0 N–H and O–H groups in total. The molecule has 4 heteroatoms. The highest BCUT2D eigenvalue weighted by atomic mass is 15.4. The third kappa shape index (κ3) is 2.14. The zero-order valence-corrected chi connectivity index (χ0v) is 11.4. The van der Waals surface area contributed by atoms with Crippen LogP contribution in [0, 0.1) is 0 Å². The molecule has 1 fully saturated rings. The first-order valence-electron chi connectivity index (χ1n) is 6.95. The Morgan fingerprint density at radius 3 is 2.14 bits per heavy atom. The molecule has 0 unspecified atom stereocenters. The number of hydrogen-bond donors (Lipinski definition) is 0. The maximum absolute atomic E-state index is 4.51. The monoisotopic (exact) mass is 274 g/mol. The molecule has 21 heavy (non-hydrogen) atoms. The SMILES string of the molecule is c1ccc([C@H]2[C@@H](c3ccncc3)N2c2ccccn2)nc1. The van der Waals surface area contributed by atoms with E-state index in [0.29, 0.717) is 0 Å². The quantitative estimate of drug-likeness (QED) is 0.688. The maximum atomic E-state index is 4.51. The van der Waals surface area contributed by atoms with Crippen molar-refractivity contribution < 1.29 is 0 Å². The van der Waals surface area contributed by atoms with Crippen LogP contribution in [0.15, 0.2) is 73.3 Å². The average Bonchev–Trinajstić information content (AvgIpc) is 3.33. The normalized spacial score (nSPS) is 20.3. The second-order valence-corrected chi connectivity index (χ2v) is 5.02. The van der Waals surface area contributed by atoms with Crippen molar-refractivity contribution in [2.45, 2.75) is 12.1 Å². The Morgan fingerprint density at radius 1 is 0.714 bits per heavy atom. The van der Waals surface area contributed by atoms with Gasteiger partial charge >= 0.3 is 0 Å². The van der Waals surface area contributed by atoms with Gasteiger partial charge in [0.25, 0.3) is 0 Å². The molecule has 102 valence electrons. The smallest absolute Gasteiger partial charge is 0.129 e. The molecule has 4 rings (SSSR count). The highest BCUT2D eigenvalue weighted by molar-refractivity contribution is 5.56. The van der Waals surface area contributed by atoms with Crippen molar-refractivity contribution in [2.24, 2.45) is 0 Å². The lowest BCUT2D eigenvalue weighted by Gasteiger charge is -2.04. The van der Waals surface area contributed by atoms with E-state index in [9.17, 15) is 0 Å². The van der Waals surface area contributed by atoms with Crippen molar-refractivity contribution in [2.75, 3.05) is 4.90 Å². The summed E-state index contributed by atoms with van der Waals surface area (Å²) in [6.07, 6.45) is 7.33. The van der Waals surface area contributed by atoms with Crippen molar-refractivity contribution >= 4 is 5.82 Å². The second-order valence-electron chi connectivity index (χ2n) is 5.02. The fourth-order valence-corrected chi connectivity index (χ4v) is 2.78. The van der Waals surface area contributed by atoms with Gasteiger partial charge in [0.2, 0.25) is 0 Å². The molecule has 0 saturated carbocycles. The Balaban J connectivity index is 1.74. The van der Waals surface area contributed by atoms with Gasteiger partial charge in [-0.05, 0) is 42.0 Å². The fourth-order valence-electron chi connectivity index (χ4n) is 2.78.